The number of nitrogens with one attached hydrogen (secondary N) is 1. The molecule has 27 heavy (non-hydrogen) atoms. The van der Waals surface area contributed by atoms with Crippen LogP contribution in [0, 0.1) is 6.92 Å². The van der Waals surface area contributed by atoms with E-state index >= 15 is 0 Å². The summed E-state index contributed by atoms with van der Waals surface area (Å²) in [5, 5.41) is 4.83. The number of nitrogens with zero attached hydrogens (tertiary/aromatic N) is 1. The number of likely N-dealkylation sites (tertiary alicyclic amines) is 1. The molecule has 144 valence electrons. The lowest BCUT2D eigenvalue weighted by atomic mass is 10.0. The van der Waals surface area contributed by atoms with Crippen LogP contribution in [0.25, 0.3) is 11.1 Å². The van der Waals surface area contributed by atoms with Gasteiger partial charge in [-0.15, -0.1) is 11.3 Å². The number of hydrogen-bond donors (Lipinski definition) is 1. The van der Waals surface area contributed by atoms with Gasteiger partial charge in [0.15, 0.2) is 5.11 Å². The molecule has 1 aliphatic rings. The van der Waals surface area contributed by atoms with E-state index in [0.29, 0.717) is 16.7 Å². The SMILES string of the molecule is CC[C@@H]1CCCCN1C(=S)Nc1sc(C)c(-c2ccccc2)c1C(=O)OC. The van der Waals surface area contributed by atoms with Gasteiger partial charge in [0.05, 0.1) is 7.11 Å². The Hall–Kier alpha value is -1.92. The molecule has 3 rings (SSSR count). The molecule has 6 heteroatoms. The number of carbonyl (C=O) groups excluding carboxylic acids is 1. The number of thiocarbonyl (C=S) groups is 1. The quantitative estimate of drug-likeness (QED) is 0.542. The van der Waals surface area contributed by atoms with Gasteiger partial charge in [0.2, 0.25) is 0 Å². The minimum absolute atomic E-state index is 0.339. The number of rotatable bonds is 4. The number of ether oxygens (including phenoxy) is 1. The van der Waals surface area contributed by atoms with E-state index in [9.17, 15) is 4.79 Å². The van der Waals surface area contributed by atoms with Crippen LogP contribution in [0.15, 0.2) is 30.3 Å². The number of anilines is 1. The fourth-order valence-corrected chi connectivity index (χ4v) is 5.21. The largest absolute Gasteiger partial charge is 0.465 e. The van der Waals surface area contributed by atoms with E-state index in [2.05, 4.69) is 17.1 Å². The number of thiophene rings is 1. The highest BCUT2D eigenvalue weighted by Gasteiger charge is 2.27. The molecule has 1 aromatic carbocycles. The second-order valence-corrected chi connectivity index (χ2v) is 8.39. The molecule has 1 atom stereocenters. The smallest absolute Gasteiger partial charge is 0.341 e. The van der Waals surface area contributed by atoms with Gasteiger partial charge in [-0.1, -0.05) is 37.3 Å². The van der Waals surface area contributed by atoms with E-state index in [0.717, 1.165) is 40.4 Å². The molecule has 1 fully saturated rings. The summed E-state index contributed by atoms with van der Waals surface area (Å²) in [5.41, 5.74) is 2.50. The molecule has 1 aromatic heterocycles. The molecule has 2 aromatic rings. The molecule has 0 amide bonds. The number of methoxy groups -OCH3 is 1. The maximum absolute atomic E-state index is 12.6. The predicted octanol–water partition coefficient (Wildman–Crippen LogP) is 5.47. The molecular formula is C21H26N2O2S2. The first-order chi connectivity index (χ1) is 13.1. The van der Waals surface area contributed by atoms with Crippen molar-refractivity contribution < 1.29 is 9.53 Å². The third-order valence-electron chi connectivity index (χ3n) is 5.12. The van der Waals surface area contributed by atoms with Gasteiger partial charge in [0, 0.05) is 23.0 Å². The molecule has 2 heterocycles. The Kier molecular flexibility index (Phi) is 6.50. The maximum atomic E-state index is 12.6. The second kappa shape index (κ2) is 8.85. The summed E-state index contributed by atoms with van der Waals surface area (Å²) >= 11 is 7.27. The number of hydrogen-bond acceptors (Lipinski definition) is 4. The van der Waals surface area contributed by atoms with E-state index in [1.54, 1.807) is 11.3 Å². The molecule has 1 N–H and O–H groups in total. The zero-order valence-corrected chi connectivity index (χ0v) is 17.7. The van der Waals surface area contributed by atoms with Gasteiger partial charge in [-0.25, -0.2) is 4.79 Å². The first-order valence-corrected chi connectivity index (χ1v) is 10.6. The number of esters is 1. The van der Waals surface area contributed by atoms with Crippen LogP contribution in [0.1, 0.15) is 47.8 Å². The molecule has 0 bridgehead atoms. The first kappa shape index (κ1) is 19.8. The summed E-state index contributed by atoms with van der Waals surface area (Å²) in [4.78, 5) is 15.9. The summed E-state index contributed by atoms with van der Waals surface area (Å²) in [7, 11) is 1.42. The Balaban J connectivity index is 1.96. The van der Waals surface area contributed by atoms with Gasteiger partial charge in [-0.3, -0.25) is 0 Å². The van der Waals surface area contributed by atoms with Gasteiger partial charge in [-0.2, -0.15) is 0 Å². The van der Waals surface area contributed by atoms with Crippen molar-refractivity contribution in [2.45, 2.75) is 45.6 Å². The lowest BCUT2D eigenvalue weighted by Gasteiger charge is -2.37. The number of carbonyl (C=O) groups is 1. The van der Waals surface area contributed by atoms with Gasteiger partial charge in [-0.05, 0) is 50.4 Å². The number of aryl methyl sites for hydroxylation is 1. The average Bonchev–Trinajstić information content (AvgIpc) is 3.03. The minimum Gasteiger partial charge on any atom is -0.465 e. The van der Waals surface area contributed by atoms with Crippen LogP contribution in [0.5, 0.6) is 0 Å². The zero-order valence-electron chi connectivity index (χ0n) is 16.1. The van der Waals surface area contributed by atoms with Crippen molar-refractivity contribution in [3.8, 4) is 11.1 Å². The Morgan fingerprint density at radius 1 is 1.33 bits per heavy atom. The van der Waals surface area contributed by atoms with E-state index in [1.807, 2.05) is 37.3 Å². The highest BCUT2D eigenvalue weighted by Crippen LogP contribution is 2.40. The standard InChI is InChI=1S/C21H26N2O2S2/c1-4-16-12-8-9-13-23(16)21(26)22-19-18(20(24)25-3)17(14(2)27-19)15-10-6-5-7-11-15/h5-7,10-11,16H,4,8-9,12-13H2,1-3H3,(H,22,26)/t16-/m1/s1. The van der Waals surface area contributed by atoms with Crippen LogP contribution in [-0.2, 0) is 4.74 Å². The minimum atomic E-state index is -0.339. The molecule has 1 aliphatic heterocycles. The van der Waals surface area contributed by atoms with E-state index in [-0.39, 0.29) is 5.97 Å². The van der Waals surface area contributed by atoms with Crippen molar-refractivity contribution in [1.82, 2.24) is 4.90 Å². The summed E-state index contributed by atoms with van der Waals surface area (Å²) in [6, 6.07) is 10.4. The van der Waals surface area contributed by atoms with Crippen molar-refractivity contribution in [3.05, 3.63) is 40.8 Å². The van der Waals surface area contributed by atoms with Gasteiger partial charge in [0.25, 0.3) is 0 Å². The number of piperidine rings is 1. The lowest BCUT2D eigenvalue weighted by molar-refractivity contribution is 0.0603. The first-order valence-electron chi connectivity index (χ1n) is 9.41. The maximum Gasteiger partial charge on any atom is 0.341 e. The van der Waals surface area contributed by atoms with Crippen molar-refractivity contribution in [2.75, 3.05) is 19.0 Å². The average molecular weight is 403 g/mol. The van der Waals surface area contributed by atoms with Crippen molar-refractivity contribution >= 4 is 39.6 Å². The Labute approximate surface area is 170 Å². The summed E-state index contributed by atoms with van der Waals surface area (Å²) in [5.74, 6) is -0.339. The number of benzene rings is 1. The molecule has 4 nitrogen and oxygen atoms in total. The fraction of sp³-hybridized carbons (Fsp3) is 0.429. The monoisotopic (exact) mass is 402 g/mol. The summed E-state index contributed by atoms with van der Waals surface area (Å²) in [6.45, 7) is 5.20. The molecule has 0 aliphatic carbocycles. The van der Waals surface area contributed by atoms with Crippen LogP contribution < -0.4 is 5.32 Å². The molecule has 0 unspecified atom stereocenters. The summed E-state index contributed by atoms with van der Waals surface area (Å²) < 4.78 is 5.09. The van der Waals surface area contributed by atoms with Gasteiger partial charge >= 0.3 is 5.97 Å². The third-order valence-corrected chi connectivity index (χ3v) is 6.47. The molecule has 0 radical (unpaired) electrons. The Morgan fingerprint density at radius 3 is 2.74 bits per heavy atom. The fourth-order valence-electron chi connectivity index (χ4n) is 3.74. The second-order valence-electron chi connectivity index (χ2n) is 6.78. The van der Waals surface area contributed by atoms with E-state index < -0.39 is 0 Å². The molecule has 0 spiro atoms. The van der Waals surface area contributed by atoms with E-state index in [1.165, 1.54) is 20.0 Å². The van der Waals surface area contributed by atoms with Crippen LogP contribution >= 0.6 is 23.6 Å². The normalized spacial score (nSPS) is 16.9. The third kappa shape index (κ3) is 4.17. The molecule has 0 saturated carbocycles. The van der Waals surface area contributed by atoms with Crippen molar-refractivity contribution in [3.63, 3.8) is 0 Å². The van der Waals surface area contributed by atoms with Crippen LogP contribution in [0.2, 0.25) is 0 Å². The summed E-state index contributed by atoms with van der Waals surface area (Å²) in [6.07, 6.45) is 4.65. The zero-order chi connectivity index (χ0) is 19.4. The highest BCUT2D eigenvalue weighted by atomic mass is 32.1. The van der Waals surface area contributed by atoms with Gasteiger partial charge in [0.1, 0.15) is 10.6 Å². The lowest BCUT2D eigenvalue weighted by Crippen LogP contribution is -2.45. The van der Waals surface area contributed by atoms with E-state index in [4.69, 9.17) is 17.0 Å². The molecule has 1 saturated heterocycles. The predicted molar refractivity (Wildman–Crippen MR) is 117 cm³/mol. The molecular weight excluding hydrogens is 376 g/mol. The Bertz CT molecular complexity index is 817. The van der Waals surface area contributed by atoms with Crippen molar-refractivity contribution in [2.24, 2.45) is 0 Å². The van der Waals surface area contributed by atoms with Crippen LogP contribution in [0.3, 0.4) is 0 Å². The Morgan fingerprint density at radius 2 is 2.07 bits per heavy atom. The van der Waals surface area contributed by atoms with Crippen LogP contribution in [0.4, 0.5) is 5.00 Å². The highest BCUT2D eigenvalue weighted by molar-refractivity contribution is 7.80. The van der Waals surface area contributed by atoms with Crippen molar-refractivity contribution in [1.29, 1.82) is 0 Å². The van der Waals surface area contributed by atoms with Gasteiger partial charge < -0.3 is 15.0 Å². The topological polar surface area (TPSA) is 41.6 Å². The van der Waals surface area contributed by atoms with Crippen LogP contribution in [-0.4, -0.2) is 35.7 Å².